The summed E-state index contributed by atoms with van der Waals surface area (Å²) in [6.45, 7) is 0.422. The molecule has 0 bridgehead atoms. The summed E-state index contributed by atoms with van der Waals surface area (Å²) in [5.41, 5.74) is 8.21. The van der Waals surface area contributed by atoms with Gasteiger partial charge in [0.15, 0.2) is 5.78 Å². The number of hydrogen-bond acceptors (Lipinski definition) is 4. The Morgan fingerprint density at radius 1 is 1.00 bits per heavy atom. The van der Waals surface area contributed by atoms with Gasteiger partial charge in [0.1, 0.15) is 11.5 Å². The van der Waals surface area contributed by atoms with Crippen LogP contribution in [0.3, 0.4) is 0 Å². The molecule has 0 amide bonds. The van der Waals surface area contributed by atoms with Gasteiger partial charge in [0.05, 0.1) is 14.2 Å². The molecule has 0 aliphatic rings. The minimum Gasteiger partial charge on any atom is -0.497 e. The molecule has 0 atom stereocenters. The standard InChI is InChI=1S/C17H19NO3/c1-20-15-7-14(8-16(10-15)21-2)17(19)9-12-5-3-4-6-13(12)11-18/h3-8,10H,9,11,18H2,1-2H3. The molecule has 0 spiro atoms. The van der Waals surface area contributed by atoms with Gasteiger partial charge >= 0.3 is 0 Å². The molecule has 21 heavy (non-hydrogen) atoms. The van der Waals surface area contributed by atoms with Crippen LogP contribution in [0.1, 0.15) is 21.5 Å². The van der Waals surface area contributed by atoms with Crippen LogP contribution >= 0.6 is 0 Å². The van der Waals surface area contributed by atoms with E-state index in [1.165, 1.54) is 0 Å². The Labute approximate surface area is 124 Å². The average molecular weight is 285 g/mol. The number of hydrogen-bond donors (Lipinski definition) is 1. The first-order valence-corrected chi connectivity index (χ1v) is 6.71. The van der Waals surface area contributed by atoms with Gasteiger partial charge in [-0.25, -0.2) is 0 Å². The summed E-state index contributed by atoms with van der Waals surface area (Å²) in [7, 11) is 3.12. The van der Waals surface area contributed by atoms with Gasteiger partial charge in [-0.05, 0) is 23.3 Å². The van der Waals surface area contributed by atoms with Crippen molar-refractivity contribution >= 4 is 5.78 Å². The molecule has 2 rings (SSSR count). The van der Waals surface area contributed by atoms with Crippen LogP contribution in [-0.2, 0) is 13.0 Å². The number of Topliss-reactive ketones (excluding diaryl/α,β-unsaturated/α-hetero) is 1. The minimum atomic E-state index is 0.00750. The van der Waals surface area contributed by atoms with E-state index >= 15 is 0 Å². The van der Waals surface area contributed by atoms with Crippen LogP contribution in [0.4, 0.5) is 0 Å². The smallest absolute Gasteiger partial charge is 0.167 e. The molecule has 0 aromatic heterocycles. The van der Waals surface area contributed by atoms with Crippen LogP contribution in [0, 0.1) is 0 Å². The van der Waals surface area contributed by atoms with Crippen molar-refractivity contribution in [3.8, 4) is 11.5 Å². The largest absolute Gasteiger partial charge is 0.497 e. The highest BCUT2D eigenvalue weighted by atomic mass is 16.5. The van der Waals surface area contributed by atoms with E-state index in [1.54, 1.807) is 32.4 Å². The Kier molecular flexibility index (Phi) is 4.95. The van der Waals surface area contributed by atoms with Crippen molar-refractivity contribution in [2.45, 2.75) is 13.0 Å². The molecule has 4 heteroatoms. The number of rotatable bonds is 6. The Morgan fingerprint density at radius 2 is 1.57 bits per heavy atom. The summed E-state index contributed by atoms with van der Waals surface area (Å²) in [6.07, 6.45) is 0.309. The number of carbonyl (C=O) groups is 1. The molecule has 4 nitrogen and oxygen atoms in total. The fourth-order valence-electron chi connectivity index (χ4n) is 2.17. The van der Waals surface area contributed by atoms with Crippen molar-refractivity contribution in [1.29, 1.82) is 0 Å². The molecule has 0 radical (unpaired) electrons. The van der Waals surface area contributed by atoms with E-state index in [1.807, 2.05) is 24.3 Å². The predicted molar refractivity (Wildman–Crippen MR) is 81.9 cm³/mol. The number of ketones is 1. The van der Waals surface area contributed by atoms with E-state index in [9.17, 15) is 4.79 Å². The molecule has 0 aliphatic carbocycles. The van der Waals surface area contributed by atoms with Crippen LogP contribution in [-0.4, -0.2) is 20.0 Å². The molecule has 2 aromatic carbocycles. The summed E-state index contributed by atoms with van der Waals surface area (Å²) in [5, 5.41) is 0. The number of methoxy groups -OCH3 is 2. The second-order valence-corrected chi connectivity index (χ2v) is 4.67. The quantitative estimate of drug-likeness (QED) is 0.829. The number of carbonyl (C=O) groups excluding carboxylic acids is 1. The number of nitrogens with two attached hydrogens (primary N) is 1. The molecule has 110 valence electrons. The van der Waals surface area contributed by atoms with Gasteiger partial charge in [-0.2, -0.15) is 0 Å². The fourth-order valence-corrected chi connectivity index (χ4v) is 2.17. The van der Waals surface area contributed by atoms with Gasteiger partial charge in [-0.3, -0.25) is 4.79 Å². The SMILES string of the molecule is COc1cc(OC)cc(C(=O)Cc2ccccc2CN)c1. The first-order valence-electron chi connectivity index (χ1n) is 6.71. The fraction of sp³-hybridized carbons (Fsp3) is 0.235. The molecule has 0 aliphatic heterocycles. The number of ether oxygens (including phenoxy) is 2. The van der Waals surface area contributed by atoms with Crippen LogP contribution in [0.15, 0.2) is 42.5 Å². The Bertz CT molecular complexity index is 615. The first kappa shape index (κ1) is 15.1. The van der Waals surface area contributed by atoms with Gasteiger partial charge in [-0.15, -0.1) is 0 Å². The number of benzene rings is 2. The van der Waals surface area contributed by atoms with E-state index < -0.39 is 0 Å². The van der Waals surface area contributed by atoms with Crippen LogP contribution in [0.25, 0.3) is 0 Å². The molecule has 0 unspecified atom stereocenters. The lowest BCUT2D eigenvalue weighted by atomic mass is 9.98. The monoisotopic (exact) mass is 285 g/mol. The van der Waals surface area contributed by atoms with E-state index in [2.05, 4.69) is 0 Å². The summed E-state index contributed by atoms with van der Waals surface area (Å²) < 4.78 is 10.4. The van der Waals surface area contributed by atoms with Gasteiger partial charge in [0, 0.05) is 24.6 Å². The van der Waals surface area contributed by atoms with E-state index in [0.717, 1.165) is 11.1 Å². The van der Waals surface area contributed by atoms with Crippen LogP contribution < -0.4 is 15.2 Å². The predicted octanol–water partition coefficient (Wildman–Crippen LogP) is 2.59. The molecule has 2 aromatic rings. The van der Waals surface area contributed by atoms with Crippen LogP contribution in [0.2, 0.25) is 0 Å². The maximum Gasteiger partial charge on any atom is 0.167 e. The maximum atomic E-state index is 12.5. The highest BCUT2D eigenvalue weighted by Gasteiger charge is 2.12. The average Bonchev–Trinajstić information content (AvgIpc) is 2.54. The third-order valence-corrected chi connectivity index (χ3v) is 3.36. The van der Waals surface area contributed by atoms with E-state index in [0.29, 0.717) is 30.0 Å². The Hall–Kier alpha value is -2.33. The van der Waals surface area contributed by atoms with E-state index in [-0.39, 0.29) is 5.78 Å². The van der Waals surface area contributed by atoms with Gasteiger partial charge in [-0.1, -0.05) is 24.3 Å². The summed E-state index contributed by atoms with van der Waals surface area (Å²) in [6, 6.07) is 12.9. The molecule has 0 heterocycles. The third-order valence-electron chi connectivity index (χ3n) is 3.36. The lowest BCUT2D eigenvalue weighted by Crippen LogP contribution is -2.08. The molecule has 0 saturated heterocycles. The molecule has 2 N–H and O–H groups in total. The molecular weight excluding hydrogens is 266 g/mol. The summed E-state index contributed by atoms with van der Waals surface area (Å²) in [5.74, 6) is 1.21. The zero-order valence-corrected chi connectivity index (χ0v) is 12.3. The van der Waals surface area contributed by atoms with Crippen molar-refractivity contribution in [2.24, 2.45) is 5.73 Å². The van der Waals surface area contributed by atoms with E-state index in [4.69, 9.17) is 15.2 Å². The zero-order chi connectivity index (χ0) is 15.2. The van der Waals surface area contributed by atoms with Gasteiger partial charge < -0.3 is 15.2 Å². The van der Waals surface area contributed by atoms with Gasteiger partial charge in [0.2, 0.25) is 0 Å². The second-order valence-electron chi connectivity index (χ2n) is 4.67. The minimum absolute atomic E-state index is 0.00750. The highest BCUT2D eigenvalue weighted by Crippen LogP contribution is 2.24. The molecular formula is C17H19NO3. The molecule has 0 saturated carbocycles. The summed E-state index contributed by atoms with van der Waals surface area (Å²) >= 11 is 0. The topological polar surface area (TPSA) is 61.5 Å². The van der Waals surface area contributed by atoms with Crippen molar-refractivity contribution in [3.63, 3.8) is 0 Å². The first-order chi connectivity index (χ1) is 10.2. The van der Waals surface area contributed by atoms with Crippen molar-refractivity contribution in [3.05, 3.63) is 59.2 Å². The van der Waals surface area contributed by atoms with Crippen LogP contribution in [0.5, 0.6) is 11.5 Å². The van der Waals surface area contributed by atoms with Gasteiger partial charge in [0.25, 0.3) is 0 Å². The lowest BCUT2D eigenvalue weighted by Gasteiger charge is -2.09. The van der Waals surface area contributed by atoms with Crippen molar-refractivity contribution in [1.82, 2.24) is 0 Å². The maximum absolute atomic E-state index is 12.5. The molecule has 0 fully saturated rings. The Morgan fingerprint density at radius 3 is 2.10 bits per heavy atom. The third kappa shape index (κ3) is 3.61. The second kappa shape index (κ2) is 6.90. The highest BCUT2D eigenvalue weighted by molar-refractivity contribution is 5.98. The van der Waals surface area contributed by atoms with Crippen molar-refractivity contribution < 1.29 is 14.3 Å². The zero-order valence-electron chi connectivity index (χ0n) is 12.3. The van der Waals surface area contributed by atoms with Crippen molar-refractivity contribution in [2.75, 3.05) is 14.2 Å². The lowest BCUT2D eigenvalue weighted by molar-refractivity contribution is 0.0992. The normalized spacial score (nSPS) is 10.2. The summed E-state index contributed by atoms with van der Waals surface area (Å²) in [4.78, 5) is 12.5. The Balaban J connectivity index is 2.28.